The van der Waals surface area contributed by atoms with Crippen molar-refractivity contribution in [3.05, 3.63) is 63.6 Å². The molecule has 0 amide bonds. The van der Waals surface area contributed by atoms with E-state index in [4.69, 9.17) is 9.47 Å². The number of ether oxygens (including phenoxy) is 2. The minimum Gasteiger partial charge on any atom is -0.496 e. The molecule has 0 bridgehead atoms. The van der Waals surface area contributed by atoms with Gasteiger partial charge in [-0.15, -0.1) is 0 Å². The molecule has 0 spiro atoms. The SMILES string of the molecule is CCOC1NC=C(C)C2=C1C(c1ccc(C#N)cc1OC)C(C=O)=C(C)N2. The molecule has 2 atom stereocenters. The van der Waals surface area contributed by atoms with Crippen molar-refractivity contribution in [1.29, 1.82) is 5.26 Å². The number of benzene rings is 1. The number of hydrogen-bond acceptors (Lipinski definition) is 6. The van der Waals surface area contributed by atoms with E-state index in [-0.39, 0.29) is 12.1 Å². The van der Waals surface area contributed by atoms with Gasteiger partial charge >= 0.3 is 0 Å². The highest BCUT2D eigenvalue weighted by Gasteiger charge is 2.38. The first-order chi connectivity index (χ1) is 13.0. The average Bonchev–Trinajstić information content (AvgIpc) is 2.69. The topological polar surface area (TPSA) is 83.4 Å². The minimum absolute atomic E-state index is 0.339. The fraction of sp³-hybridized carbons (Fsp3) is 0.333. The van der Waals surface area contributed by atoms with Gasteiger partial charge in [0.05, 0.1) is 18.7 Å². The van der Waals surface area contributed by atoms with Gasteiger partial charge < -0.3 is 20.1 Å². The predicted molar refractivity (Wildman–Crippen MR) is 102 cm³/mol. The Kier molecular flexibility index (Phi) is 5.33. The van der Waals surface area contributed by atoms with Crippen LogP contribution in [0.4, 0.5) is 0 Å². The van der Waals surface area contributed by atoms with Crippen LogP contribution in [0, 0.1) is 11.3 Å². The molecule has 3 rings (SSSR count). The molecule has 6 nitrogen and oxygen atoms in total. The maximum absolute atomic E-state index is 12.0. The molecule has 0 aliphatic carbocycles. The summed E-state index contributed by atoms with van der Waals surface area (Å²) in [5.41, 5.74) is 5.67. The van der Waals surface area contributed by atoms with E-state index in [1.54, 1.807) is 19.2 Å². The molecule has 0 saturated carbocycles. The summed E-state index contributed by atoms with van der Waals surface area (Å²) in [6, 6.07) is 7.42. The maximum atomic E-state index is 12.0. The minimum atomic E-state index is -0.366. The summed E-state index contributed by atoms with van der Waals surface area (Å²) in [4.78, 5) is 12.0. The van der Waals surface area contributed by atoms with Crippen LogP contribution in [-0.4, -0.2) is 26.2 Å². The first-order valence-electron chi connectivity index (χ1n) is 8.85. The monoisotopic (exact) mass is 365 g/mol. The van der Waals surface area contributed by atoms with Crippen molar-refractivity contribution < 1.29 is 14.3 Å². The van der Waals surface area contributed by atoms with Crippen LogP contribution in [0.3, 0.4) is 0 Å². The van der Waals surface area contributed by atoms with Gasteiger partial charge in [0.15, 0.2) is 6.23 Å². The number of nitrogens with one attached hydrogen (secondary N) is 2. The standard InChI is InChI=1S/C21H23N3O3/c1-5-27-21-19-18(15-7-6-14(9-22)8-17(15)26-4)16(11-25)13(3)24-20(19)12(2)10-23-21/h6-8,10-11,18,21,23-24H,5H2,1-4H3. The van der Waals surface area contributed by atoms with Crippen LogP contribution in [0.15, 0.2) is 52.5 Å². The first kappa shape index (κ1) is 18.7. The molecule has 2 N–H and O–H groups in total. The molecule has 6 heteroatoms. The first-order valence-corrected chi connectivity index (χ1v) is 8.85. The van der Waals surface area contributed by atoms with Crippen LogP contribution >= 0.6 is 0 Å². The van der Waals surface area contributed by atoms with Gasteiger partial charge in [-0.25, -0.2) is 0 Å². The van der Waals surface area contributed by atoms with Gasteiger partial charge in [0, 0.05) is 46.8 Å². The number of dihydropyridines is 2. The third kappa shape index (κ3) is 3.22. The third-order valence-corrected chi connectivity index (χ3v) is 4.92. The highest BCUT2D eigenvalue weighted by molar-refractivity contribution is 5.81. The zero-order valence-electron chi connectivity index (χ0n) is 15.9. The smallest absolute Gasteiger partial charge is 0.152 e. The Hall–Kier alpha value is -3.04. The molecular weight excluding hydrogens is 342 g/mol. The number of methoxy groups -OCH3 is 1. The van der Waals surface area contributed by atoms with E-state index in [2.05, 4.69) is 16.7 Å². The van der Waals surface area contributed by atoms with Gasteiger partial charge in [-0.2, -0.15) is 5.26 Å². The molecule has 0 aromatic heterocycles. The summed E-state index contributed by atoms with van der Waals surface area (Å²) in [7, 11) is 1.57. The Morgan fingerprint density at radius 3 is 2.74 bits per heavy atom. The third-order valence-electron chi connectivity index (χ3n) is 4.92. The highest BCUT2D eigenvalue weighted by Crippen LogP contribution is 2.44. The zero-order chi connectivity index (χ0) is 19.6. The Bertz CT molecular complexity index is 906. The van der Waals surface area contributed by atoms with Crippen LogP contribution in [0.2, 0.25) is 0 Å². The fourth-order valence-electron chi connectivity index (χ4n) is 3.65. The highest BCUT2D eigenvalue weighted by atomic mass is 16.5. The number of rotatable bonds is 5. The van der Waals surface area contributed by atoms with Crippen LogP contribution in [-0.2, 0) is 9.53 Å². The van der Waals surface area contributed by atoms with Gasteiger partial charge in [0.1, 0.15) is 12.0 Å². The molecule has 0 fully saturated rings. The van der Waals surface area contributed by atoms with E-state index in [0.717, 1.165) is 34.4 Å². The number of nitrogens with zero attached hydrogens (tertiary/aromatic N) is 1. The van der Waals surface area contributed by atoms with E-state index >= 15 is 0 Å². The molecule has 140 valence electrons. The van der Waals surface area contributed by atoms with E-state index in [1.807, 2.05) is 33.0 Å². The Morgan fingerprint density at radius 2 is 2.11 bits per heavy atom. The summed E-state index contributed by atoms with van der Waals surface area (Å²) >= 11 is 0. The van der Waals surface area contributed by atoms with Gasteiger partial charge in [-0.05, 0) is 38.5 Å². The van der Waals surface area contributed by atoms with Crippen molar-refractivity contribution in [3.63, 3.8) is 0 Å². The molecule has 0 saturated heterocycles. The summed E-state index contributed by atoms with van der Waals surface area (Å²) in [6.45, 7) is 6.35. The van der Waals surface area contributed by atoms with E-state index < -0.39 is 0 Å². The second-order valence-electron chi connectivity index (χ2n) is 6.48. The lowest BCUT2D eigenvalue weighted by Gasteiger charge is -2.38. The summed E-state index contributed by atoms with van der Waals surface area (Å²) in [5.74, 6) is 0.233. The molecule has 1 aromatic rings. The number of carbonyl (C=O) groups is 1. The summed E-state index contributed by atoms with van der Waals surface area (Å²) in [5, 5.41) is 15.8. The fourth-order valence-corrected chi connectivity index (χ4v) is 3.65. The summed E-state index contributed by atoms with van der Waals surface area (Å²) in [6.07, 6.45) is 2.43. The van der Waals surface area contributed by atoms with Crippen LogP contribution in [0.5, 0.6) is 5.75 Å². The second kappa shape index (κ2) is 7.68. The molecule has 2 unspecified atom stereocenters. The Labute approximate surface area is 159 Å². The van der Waals surface area contributed by atoms with E-state index in [9.17, 15) is 10.1 Å². The lowest BCUT2D eigenvalue weighted by molar-refractivity contribution is -0.105. The van der Waals surface area contributed by atoms with E-state index in [0.29, 0.717) is 23.5 Å². The van der Waals surface area contributed by atoms with Crippen molar-refractivity contribution >= 4 is 6.29 Å². The second-order valence-corrected chi connectivity index (χ2v) is 6.48. The predicted octanol–water partition coefficient (Wildman–Crippen LogP) is 2.85. The molecule has 2 aliphatic rings. The number of hydrogen-bond donors (Lipinski definition) is 2. The van der Waals surface area contributed by atoms with E-state index in [1.165, 1.54) is 0 Å². The Balaban J connectivity index is 2.25. The molecule has 2 heterocycles. The lowest BCUT2D eigenvalue weighted by Crippen LogP contribution is -2.42. The number of aldehydes is 1. The zero-order valence-corrected chi connectivity index (χ0v) is 15.9. The van der Waals surface area contributed by atoms with Crippen molar-refractivity contribution in [1.82, 2.24) is 10.6 Å². The van der Waals surface area contributed by atoms with Crippen LogP contribution in [0.25, 0.3) is 0 Å². The molecular formula is C21H23N3O3. The normalized spacial score (nSPS) is 21.5. The van der Waals surface area contributed by atoms with Crippen molar-refractivity contribution in [2.75, 3.05) is 13.7 Å². The van der Waals surface area contributed by atoms with Gasteiger partial charge in [-0.1, -0.05) is 6.07 Å². The van der Waals surface area contributed by atoms with Gasteiger partial charge in [0.25, 0.3) is 0 Å². The number of carbonyl (C=O) groups excluding carboxylic acids is 1. The van der Waals surface area contributed by atoms with Crippen LogP contribution in [0.1, 0.15) is 37.8 Å². The molecule has 2 aliphatic heterocycles. The maximum Gasteiger partial charge on any atom is 0.152 e. The Morgan fingerprint density at radius 1 is 1.33 bits per heavy atom. The van der Waals surface area contributed by atoms with Crippen molar-refractivity contribution in [3.8, 4) is 11.8 Å². The van der Waals surface area contributed by atoms with Crippen molar-refractivity contribution in [2.24, 2.45) is 0 Å². The van der Waals surface area contributed by atoms with Crippen LogP contribution < -0.4 is 15.4 Å². The van der Waals surface area contributed by atoms with Gasteiger partial charge in [-0.3, -0.25) is 4.79 Å². The molecule has 0 radical (unpaired) electrons. The molecule has 1 aromatic carbocycles. The average molecular weight is 365 g/mol. The number of allylic oxidation sites excluding steroid dienone is 3. The summed E-state index contributed by atoms with van der Waals surface area (Å²) < 4.78 is 11.5. The van der Waals surface area contributed by atoms with Crippen molar-refractivity contribution in [2.45, 2.75) is 32.9 Å². The quantitative estimate of drug-likeness (QED) is 0.781. The molecule has 27 heavy (non-hydrogen) atoms. The lowest BCUT2D eigenvalue weighted by atomic mass is 9.77. The largest absolute Gasteiger partial charge is 0.496 e. The number of nitriles is 1. The van der Waals surface area contributed by atoms with Gasteiger partial charge in [0.2, 0.25) is 0 Å².